The maximum absolute atomic E-state index is 12.1. The molecule has 3 rings (SSSR count). The summed E-state index contributed by atoms with van der Waals surface area (Å²) in [5, 5.41) is 5.67. The Hall–Kier alpha value is -1.99. The number of esters is 1. The van der Waals surface area contributed by atoms with Crippen LogP contribution in [-0.4, -0.2) is 22.5 Å². The molecule has 0 fully saturated rings. The van der Waals surface area contributed by atoms with Crippen LogP contribution in [0, 0.1) is 0 Å². The number of nitrogens with zero attached hydrogens (tertiary/aromatic N) is 2. The van der Waals surface area contributed by atoms with Gasteiger partial charge in [0.05, 0.1) is 17.6 Å². The maximum Gasteiger partial charge on any atom is 0.339 e. The fourth-order valence-electron chi connectivity index (χ4n) is 2.00. The second-order valence-electron chi connectivity index (χ2n) is 4.40. The van der Waals surface area contributed by atoms with Crippen molar-refractivity contribution in [2.24, 2.45) is 0 Å². The van der Waals surface area contributed by atoms with E-state index in [1.54, 1.807) is 12.3 Å². The van der Waals surface area contributed by atoms with Crippen LogP contribution in [0.3, 0.4) is 0 Å². The predicted molar refractivity (Wildman–Crippen MR) is 90.8 cm³/mol. The smallest absolute Gasteiger partial charge is 0.339 e. The maximum atomic E-state index is 12.1. The molecule has 0 radical (unpaired) electrons. The van der Waals surface area contributed by atoms with Crippen molar-refractivity contribution in [1.82, 2.24) is 9.97 Å². The minimum atomic E-state index is -0.359. The standard InChI is InChI=1S/C15H12BrN3O2S/c1-2-21-15(20)11-7-22-14-12(11)13(17-8-18-14)19-10-5-3-9(16)4-6-10/h3-8H,2H2,1H3,(H,17,18,19). The van der Waals surface area contributed by atoms with Gasteiger partial charge in [-0.1, -0.05) is 15.9 Å². The van der Waals surface area contributed by atoms with E-state index in [0.717, 1.165) is 15.0 Å². The minimum absolute atomic E-state index is 0.333. The van der Waals surface area contributed by atoms with Gasteiger partial charge < -0.3 is 10.1 Å². The van der Waals surface area contributed by atoms with Crippen molar-refractivity contribution >= 4 is 55.0 Å². The number of nitrogens with one attached hydrogen (secondary N) is 1. The van der Waals surface area contributed by atoms with E-state index in [4.69, 9.17) is 4.74 Å². The molecule has 1 aromatic carbocycles. The SMILES string of the molecule is CCOC(=O)c1csc2ncnc(Nc3ccc(Br)cc3)c12. The molecule has 0 spiro atoms. The largest absolute Gasteiger partial charge is 0.462 e. The summed E-state index contributed by atoms with van der Waals surface area (Å²) >= 11 is 4.80. The number of hydrogen-bond donors (Lipinski definition) is 1. The van der Waals surface area contributed by atoms with Crippen LogP contribution < -0.4 is 5.32 Å². The molecule has 0 amide bonds. The van der Waals surface area contributed by atoms with E-state index in [0.29, 0.717) is 23.4 Å². The van der Waals surface area contributed by atoms with Crippen molar-refractivity contribution in [1.29, 1.82) is 0 Å². The van der Waals surface area contributed by atoms with Gasteiger partial charge in [0.2, 0.25) is 0 Å². The zero-order chi connectivity index (χ0) is 15.5. The van der Waals surface area contributed by atoms with E-state index in [1.807, 2.05) is 24.3 Å². The van der Waals surface area contributed by atoms with Crippen molar-refractivity contribution in [2.45, 2.75) is 6.92 Å². The lowest BCUT2D eigenvalue weighted by Crippen LogP contribution is -2.05. The van der Waals surface area contributed by atoms with Crippen molar-refractivity contribution in [3.8, 4) is 0 Å². The van der Waals surface area contributed by atoms with E-state index < -0.39 is 0 Å². The molecule has 0 aliphatic heterocycles. The Labute approximate surface area is 139 Å². The second-order valence-corrected chi connectivity index (χ2v) is 6.18. The number of hydrogen-bond acceptors (Lipinski definition) is 6. The van der Waals surface area contributed by atoms with Gasteiger partial charge in [0.15, 0.2) is 0 Å². The molecule has 2 heterocycles. The molecule has 0 bridgehead atoms. The van der Waals surface area contributed by atoms with Gasteiger partial charge in [-0.05, 0) is 31.2 Å². The van der Waals surface area contributed by atoms with E-state index >= 15 is 0 Å². The molecule has 112 valence electrons. The number of anilines is 2. The summed E-state index contributed by atoms with van der Waals surface area (Å²) in [5.41, 5.74) is 1.37. The molecule has 2 aromatic heterocycles. The number of benzene rings is 1. The number of rotatable bonds is 4. The Bertz CT molecular complexity index is 817. The number of aromatic nitrogens is 2. The summed E-state index contributed by atoms with van der Waals surface area (Å²) in [7, 11) is 0. The zero-order valence-electron chi connectivity index (χ0n) is 11.7. The first-order valence-electron chi connectivity index (χ1n) is 6.61. The van der Waals surface area contributed by atoms with Crippen LogP contribution in [0.2, 0.25) is 0 Å². The summed E-state index contributed by atoms with van der Waals surface area (Å²) in [5.74, 6) is 0.235. The molecular weight excluding hydrogens is 366 g/mol. The molecule has 1 N–H and O–H groups in total. The first kappa shape index (κ1) is 14.9. The molecule has 22 heavy (non-hydrogen) atoms. The van der Waals surface area contributed by atoms with Crippen molar-refractivity contribution in [2.75, 3.05) is 11.9 Å². The topological polar surface area (TPSA) is 64.1 Å². The monoisotopic (exact) mass is 377 g/mol. The van der Waals surface area contributed by atoms with Crippen LogP contribution in [0.5, 0.6) is 0 Å². The van der Waals surface area contributed by atoms with Gasteiger partial charge in [0.25, 0.3) is 0 Å². The van der Waals surface area contributed by atoms with E-state index in [1.165, 1.54) is 17.7 Å². The fraction of sp³-hybridized carbons (Fsp3) is 0.133. The third kappa shape index (κ3) is 2.95. The summed E-state index contributed by atoms with van der Waals surface area (Å²) in [6, 6.07) is 7.71. The third-order valence-electron chi connectivity index (χ3n) is 2.97. The van der Waals surface area contributed by atoms with Gasteiger partial charge in [0.1, 0.15) is 17.0 Å². The minimum Gasteiger partial charge on any atom is -0.462 e. The van der Waals surface area contributed by atoms with Crippen LogP contribution >= 0.6 is 27.3 Å². The normalized spacial score (nSPS) is 10.6. The Morgan fingerprint density at radius 1 is 1.32 bits per heavy atom. The molecule has 0 saturated carbocycles. The fourth-order valence-corrected chi connectivity index (χ4v) is 3.14. The van der Waals surface area contributed by atoms with Crippen LogP contribution in [-0.2, 0) is 4.74 Å². The Morgan fingerprint density at radius 3 is 2.82 bits per heavy atom. The molecule has 0 aliphatic rings. The predicted octanol–water partition coefficient (Wildman–Crippen LogP) is 4.37. The highest BCUT2D eigenvalue weighted by Gasteiger charge is 2.18. The van der Waals surface area contributed by atoms with Gasteiger partial charge in [-0.25, -0.2) is 14.8 Å². The first-order chi connectivity index (χ1) is 10.7. The van der Waals surface area contributed by atoms with Gasteiger partial charge in [-0.15, -0.1) is 11.3 Å². The number of carbonyl (C=O) groups excluding carboxylic acids is 1. The number of fused-ring (bicyclic) bond motifs is 1. The summed E-state index contributed by atoms with van der Waals surface area (Å²) < 4.78 is 6.09. The molecule has 5 nitrogen and oxygen atoms in total. The number of thiophene rings is 1. The van der Waals surface area contributed by atoms with Gasteiger partial charge in [-0.3, -0.25) is 0 Å². The third-order valence-corrected chi connectivity index (χ3v) is 4.39. The molecule has 3 aromatic rings. The average Bonchev–Trinajstić information content (AvgIpc) is 2.95. The highest BCUT2D eigenvalue weighted by atomic mass is 79.9. The Kier molecular flexibility index (Phi) is 4.35. The Balaban J connectivity index is 2.03. The Morgan fingerprint density at radius 2 is 2.09 bits per heavy atom. The molecule has 7 heteroatoms. The van der Waals surface area contributed by atoms with Crippen LogP contribution in [0.1, 0.15) is 17.3 Å². The van der Waals surface area contributed by atoms with Gasteiger partial charge in [-0.2, -0.15) is 0 Å². The number of halogens is 1. The molecular formula is C15H12BrN3O2S. The molecule has 0 unspecified atom stereocenters. The number of carbonyl (C=O) groups is 1. The number of ether oxygens (including phenoxy) is 1. The van der Waals surface area contributed by atoms with Crippen molar-refractivity contribution in [3.05, 3.63) is 46.0 Å². The lowest BCUT2D eigenvalue weighted by molar-refractivity contribution is 0.0529. The summed E-state index contributed by atoms with van der Waals surface area (Å²) in [6.45, 7) is 2.11. The highest BCUT2D eigenvalue weighted by molar-refractivity contribution is 9.10. The lowest BCUT2D eigenvalue weighted by Gasteiger charge is -2.08. The van der Waals surface area contributed by atoms with Gasteiger partial charge >= 0.3 is 5.97 Å². The average molecular weight is 378 g/mol. The molecule has 0 atom stereocenters. The first-order valence-corrected chi connectivity index (χ1v) is 8.28. The molecule has 0 aliphatic carbocycles. The summed E-state index contributed by atoms with van der Waals surface area (Å²) in [6.07, 6.45) is 1.48. The highest BCUT2D eigenvalue weighted by Crippen LogP contribution is 2.31. The second kappa shape index (κ2) is 6.41. The van der Waals surface area contributed by atoms with Crippen molar-refractivity contribution < 1.29 is 9.53 Å². The van der Waals surface area contributed by atoms with E-state index in [2.05, 4.69) is 31.2 Å². The molecule has 0 saturated heterocycles. The van der Waals surface area contributed by atoms with E-state index in [9.17, 15) is 4.79 Å². The summed E-state index contributed by atoms with van der Waals surface area (Å²) in [4.78, 5) is 21.3. The van der Waals surface area contributed by atoms with E-state index in [-0.39, 0.29) is 5.97 Å². The van der Waals surface area contributed by atoms with Gasteiger partial charge in [0, 0.05) is 15.5 Å². The quantitative estimate of drug-likeness (QED) is 0.683. The van der Waals surface area contributed by atoms with Crippen molar-refractivity contribution in [3.63, 3.8) is 0 Å². The zero-order valence-corrected chi connectivity index (χ0v) is 14.1. The lowest BCUT2D eigenvalue weighted by atomic mass is 10.2. The van der Waals surface area contributed by atoms with Crippen LogP contribution in [0.25, 0.3) is 10.2 Å². The van der Waals surface area contributed by atoms with Crippen LogP contribution in [0.15, 0.2) is 40.4 Å². The van der Waals surface area contributed by atoms with Crippen LogP contribution in [0.4, 0.5) is 11.5 Å².